The highest BCUT2D eigenvalue weighted by molar-refractivity contribution is 7.93. The van der Waals surface area contributed by atoms with Gasteiger partial charge >= 0.3 is 23.5 Å². The van der Waals surface area contributed by atoms with Crippen LogP contribution in [0, 0.1) is 0 Å². The van der Waals surface area contributed by atoms with Crippen LogP contribution >= 0.6 is 0 Å². The van der Waals surface area contributed by atoms with Crippen LogP contribution in [0.3, 0.4) is 0 Å². The lowest BCUT2D eigenvalue weighted by Crippen LogP contribution is -2.47. The number of carboxylic acids is 1. The molecule has 0 unspecified atom stereocenters. The number of carbonyl (C=O) groups excluding carboxylic acids is 3. The van der Waals surface area contributed by atoms with Crippen LogP contribution in [-0.4, -0.2) is 129 Å². The zero-order chi connectivity index (χ0) is 37.1. The van der Waals surface area contributed by atoms with Crippen LogP contribution < -0.4 is 0 Å². The van der Waals surface area contributed by atoms with Gasteiger partial charge in [0, 0.05) is 51.4 Å². The number of hydrogen-bond acceptors (Lipinski definition) is 11. The van der Waals surface area contributed by atoms with Gasteiger partial charge in [-0.05, 0) is 45.4 Å². The molecular formula is C28H34F4N6O10S2. The van der Waals surface area contributed by atoms with Gasteiger partial charge in [-0.1, -0.05) is 0 Å². The maximum absolute atomic E-state index is 12.9. The zero-order valence-corrected chi connectivity index (χ0v) is 28.7. The Balaban J connectivity index is 0.000000195. The van der Waals surface area contributed by atoms with Gasteiger partial charge in [0.1, 0.15) is 11.4 Å². The summed E-state index contributed by atoms with van der Waals surface area (Å²) < 4.78 is 103. The number of aryl methyl sites for hydroxylation is 2. The third-order valence-corrected chi connectivity index (χ3v) is 13.9. The number of carboxylic acid groups (broad SMARTS) is 1. The van der Waals surface area contributed by atoms with E-state index in [-0.39, 0.29) is 99.7 Å². The lowest BCUT2D eigenvalue weighted by atomic mass is 10.0. The standard InChI is InChI=1S/C15H19F2N3O5S.C13H15F2N3O5S/c1-3-25-13(22)10-9-4-7-20(12(21)11(9)19(2)18-10)8-15(5-6-15)26(23,24)14(16)17;1-17-9-7(8(16-17)11(20)21)2-5-18(10(9)19)6-13(3-4-13)24(22,23)12(14)15/h14H,3-8H2,1-2H3;12H,2-6H2,1H3,(H,20,21). The van der Waals surface area contributed by atoms with Gasteiger partial charge in [-0.15, -0.1) is 0 Å². The van der Waals surface area contributed by atoms with Crippen molar-refractivity contribution in [1.29, 1.82) is 0 Å². The van der Waals surface area contributed by atoms with Crippen LogP contribution in [0.15, 0.2) is 0 Å². The molecule has 2 fully saturated rings. The van der Waals surface area contributed by atoms with E-state index in [9.17, 15) is 53.6 Å². The van der Waals surface area contributed by atoms with Crippen molar-refractivity contribution in [3.63, 3.8) is 0 Å². The fraction of sp³-hybridized carbons (Fsp3) is 0.643. The lowest BCUT2D eigenvalue weighted by molar-refractivity contribution is 0.0516. The SMILES string of the molecule is CCOC(=O)c1nn(C)c2c1CCN(CC1(S(=O)(=O)C(F)F)CC1)C2=O.Cn1nc(C(=O)O)c2c1C(=O)N(CC1(S(=O)(=O)C(F)F)CC1)CC2. The molecule has 0 atom stereocenters. The molecule has 2 aromatic heterocycles. The van der Waals surface area contributed by atoms with E-state index in [0.29, 0.717) is 5.56 Å². The number of aromatic carboxylic acids is 1. The summed E-state index contributed by atoms with van der Waals surface area (Å²) >= 11 is 0. The average molecular weight is 755 g/mol. The first-order valence-electron chi connectivity index (χ1n) is 15.4. The molecule has 4 heterocycles. The van der Waals surface area contributed by atoms with E-state index in [1.165, 1.54) is 28.6 Å². The Bertz CT molecular complexity index is 1970. The molecule has 1 N–H and O–H groups in total. The third kappa shape index (κ3) is 6.13. The minimum Gasteiger partial charge on any atom is -0.476 e. The van der Waals surface area contributed by atoms with Gasteiger partial charge in [0.05, 0.1) is 16.1 Å². The predicted molar refractivity (Wildman–Crippen MR) is 162 cm³/mol. The molecule has 50 heavy (non-hydrogen) atoms. The highest BCUT2D eigenvalue weighted by Crippen LogP contribution is 2.48. The first-order chi connectivity index (χ1) is 23.2. The normalized spacial score (nSPS) is 19.1. The fourth-order valence-corrected chi connectivity index (χ4v) is 9.16. The summed E-state index contributed by atoms with van der Waals surface area (Å²) in [6.45, 7) is 1.42. The number of carbonyl (C=O) groups is 4. The summed E-state index contributed by atoms with van der Waals surface area (Å²) in [6, 6.07) is 0. The van der Waals surface area contributed by atoms with Gasteiger partial charge in [-0.3, -0.25) is 19.0 Å². The first kappa shape index (κ1) is 37.2. The Kier molecular flexibility index (Phi) is 9.60. The monoisotopic (exact) mass is 754 g/mol. The number of ether oxygens (including phenoxy) is 1. The van der Waals surface area contributed by atoms with E-state index in [1.807, 2.05) is 0 Å². The Labute approximate surface area is 283 Å². The molecule has 6 rings (SSSR count). The van der Waals surface area contributed by atoms with Crippen molar-refractivity contribution in [2.45, 2.75) is 66.5 Å². The Hall–Kier alpha value is -4.08. The van der Waals surface area contributed by atoms with Crippen LogP contribution in [0.1, 0.15) is 85.7 Å². The molecule has 0 bridgehead atoms. The Morgan fingerprint density at radius 1 is 0.780 bits per heavy atom. The summed E-state index contributed by atoms with van der Waals surface area (Å²) in [7, 11) is -6.34. The quantitative estimate of drug-likeness (QED) is 0.252. The number of halogens is 4. The maximum Gasteiger partial charge on any atom is 0.359 e. The van der Waals surface area contributed by atoms with Crippen molar-refractivity contribution in [3.05, 3.63) is 33.9 Å². The van der Waals surface area contributed by atoms with E-state index >= 15 is 0 Å². The average Bonchev–Trinajstić information content (AvgIpc) is 3.95. The molecule has 4 aliphatic rings. The number of fused-ring (bicyclic) bond motifs is 2. The van der Waals surface area contributed by atoms with Crippen molar-refractivity contribution < 1.29 is 63.4 Å². The number of sulfone groups is 2. The second-order valence-corrected chi connectivity index (χ2v) is 17.2. The van der Waals surface area contributed by atoms with E-state index in [2.05, 4.69) is 10.2 Å². The van der Waals surface area contributed by atoms with Crippen molar-refractivity contribution in [2.75, 3.05) is 32.8 Å². The number of hydrogen-bond donors (Lipinski definition) is 1. The topological polar surface area (TPSA) is 208 Å². The highest BCUT2D eigenvalue weighted by atomic mass is 32.2. The van der Waals surface area contributed by atoms with Crippen molar-refractivity contribution in [1.82, 2.24) is 29.4 Å². The highest BCUT2D eigenvalue weighted by Gasteiger charge is 2.60. The lowest BCUT2D eigenvalue weighted by Gasteiger charge is -2.30. The molecule has 0 aromatic carbocycles. The van der Waals surface area contributed by atoms with E-state index in [0.717, 1.165) is 4.68 Å². The zero-order valence-electron chi connectivity index (χ0n) is 27.1. The van der Waals surface area contributed by atoms with E-state index in [1.54, 1.807) is 6.92 Å². The van der Waals surface area contributed by atoms with Gasteiger partial charge in [-0.2, -0.15) is 27.8 Å². The molecular weight excluding hydrogens is 720 g/mol. The summed E-state index contributed by atoms with van der Waals surface area (Å²) in [5.74, 6) is -9.95. The number of rotatable bonds is 11. The number of amides is 2. The molecule has 2 aromatic rings. The molecule has 16 nitrogen and oxygen atoms in total. The molecule has 2 aliphatic heterocycles. The molecule has 0 spiro atoms. The fourth-order valence-electron chi connectivity index (χ4n) is 6.40. The molecule has 2 amide bonds. The Morgan fingerprint density at radius 2 is 1.16 bits per heavy atom. The summed E-state index contributed by atoms with van der Waals surface area (Å²) in [4.78, 5) is 50.9. The maximum atomic E-state index is 12.9. The van der Waals surface area contributed by atoms with Crippen LogP contribution in [0.2, 0.25) is 0 Å². The summed E-state index contributed by atoms with van der Waals surface area (Å²) in [6.07, 6.45) is 0.838. The molecule has 0 radical (unpaired) electrons. The Morgan fingerprint density at radius 3 is 1.50 bits per heavy atom. The van der Waals surface area contributed by atoms with Gasteiger partial charge in [0.2, 0.25) is 19.7 Å². The van der Waals surface area contributed by atoms with Gasteiger partial charge in [0.15, 0.2) is 11.4 Å². The smallest absolute Gasteiger partial charge is 0.359 e. The molecule has 22 heteroatoms. The minimum atomic E-state index is -4.63. The molecule has 2 aliphatic carbocycles. The van der Waals surface area contributed by atoms with Gasteiger partial charge < -0.3 is 19.6 Å². The van der Waals surface area contributed by atoms with Crippen LogP contribution in [0.4, 0.5) is 17.6 Å². The predicted octanol–water partition coefficient (Wildman–Crippen LogP) is 1.05. The van der Waals surface area contributed by atoms with Crippen molar-refractivity contribution >= 4 is 43.4 Å². The third-order valence-electron chi connectivity index (χ3n) is 9.45. The van der Waals surface area contributed by atoms with E-state index in [4.69, 9.17) is 9.84 Å². The first-order valence-corrected chi connectivity index (χ1v) is 18.5. The molecule has 2 saturated carbocycles. The number of alkyl halides is 4. The summed E-state index contributed by atoms with van der Waals surface area (Å²) in [5, 5.41) is 16.9. The van der Waals surface area contributed by atoms with Crippen LogP contribution in [0.5, 0.6) is 0 Å². The van der Waals surface area contributed by atoms with Crippen LogP contribution in [-0.2, 0) is 51.3 Å². The van der Waals surface area contributed by atoms with Gasteiger partial charge in [0.25, 0.3) is 11.8 Å². The van der Waals surface area contributed by atoms with Crippen molar-refractivity contribution in [3.8, 4) is 0 Å². The van der Waals surface area contributed by atoms with Crippen molar-refractivity contribution in [2.24, 2.45) is 14.1 Å². The van der Waals surface area contributed by atoms with Gasteiger partial charge in [-0.25, -0.2) is 26.4 Å². The van der Waals surface area contributed by atoms with E-state index < -0.39 is 64.4 Å². The van der Waals surface area contributed by atoms with Crippen LogP contribution in [0.25, 0.3) is 0 Å². The number of esters is 1. The second-order valence-electron chi connectivity index (χ2n) is 12.6. The molecule has 0 saturated heterocycles. The second kappa shape index (κ2) is 12.9. The number of aromatic nitrogens is 4. The minimum absolute atomic E-state index is 0.0543. The summed E-state index contributed by atoms with van der Waals surface area (Å²) in [5.41, 5.74) is 0.774. The largest absolute Gasteiger partial charge is 0.476 e. The number of nitrogens with zero attached hydrogens (tertiary/aromatic N) is 6. The molecule has 276 valence electrons.